The predicted octanol–water partition coefficient (Wildman–Crippen LogP) is 3.88. The third kappa shape index (κ3) is 2.24. The van der Waals surface area contributed by atoms with Crippen LogP contribution >= 0.6 is 11.6 Å². The minimum absolute atomic E-state index is 0.0244. The first kappa shape index (κ1) is 12.6. The molecule has 5 heteroatoms. The summed E-state index contributed by atoms with van der Waals surface area (Å²) in [6.45, 7) is 0. The second kappa shape index (κ2) is 4.82. The average Bonchev–Trinajstić information content (AvgIpc) is 2.36. The van der Waals surface area contributed by atoms with E-state index in [1.165, 1.54) is 31.4 Å². The lowest BCUT2D eigenvalue weighted by Crippen LogP contribution is -1.96. The molecule has 0 aliphatic carbocycles. The molecule has 2 aromatic carbocycles. The molecule has 0 saturated carbocycles. The van der Waals surface area contributed by atoms with Crippen molar-refractivity contribution in [3.05, 3.63) is 47.0 Å². The molecule has 0 bridgehead atoms. The molecule has 0 amide bonds. The molecule has 0 radical (unpaired) electrons. The third-order valence-electron chi connectivity index (χ3n) is 2.56. The Morgan fingerprint density at radius 3 is 2.39 bits per heavy atom. The van der Waals surface area contributed by atoms with Gasteiger partial charge in [0.1, 0.15) is 17.3 Å². The highest BCUT2D eigenvalue weighted by molar-refractivity contribution is 6.31. The highest BCUT2D eigenvalue weighted by Crippen LogP contribution is 2.32. The van der Waals surface area contributed by atoms with Crippen molar-refractivity contribution in [3.63, 3.8) is 0 Å². The van der Waals surface area contributed by atoms with Crippen LogP contribution in [0.2, 0.25) is 5.02 Å². The van der Waals surface area contributed by atoms with E-state index in [9.17, 15) is 8.78 Å². The zero-order valence-corrected chi connectivity index (χ0v) is 10.3. The second-order valence-corrected chi connectivity index (χ2v) is 4.11. The molecule has 0 heterocycles. The summed E-state index contributed by atoms with van der Waals surface area (Å²) in [7, 11) is 1.40. The van der Waals surface area contributed by atoms with E-state index >= 15 is 0 Å². The molecule has 0 unspecified atom stereocenters. The highest BCUT2D eigenvalue weighted by Gasteiger charge is 2.11. The topological polar surface area (TPSA) is 35.2 Å². The van der Waals surface area contributed by atoms with Crippen LogP contribution in [-0.4, -0.2) is 7.11 Å². The summed E-state index contributed by atoms with van der Waals surface area (Å²) >= 11 is 5.68. The molecule has 0 aliphatic rings. The number of hydrogen-bond donors (Lipinski definition) is 1. The van der Waals surface area contributed by atoms with E-state index in [4.69, 9.17) is 22.1 Å². The van der Waals surface area contributed by atoms with Gasteiger partial charge in [0.15, 0.2) is 5.82 Å². The lowest BCUT2D eigenvalue weighted by molar-refractivity contribution is 0.414. The van der Waals surface area contributed by atoms with Gasteiger partial charge in [0, 0.05) is 0 Å². The molecule has 0 aliphatic heterocycles. The van der Waals surface area contributed by atoms with Crippen LogP contribution in [0.25, 0.3) is 11.1 Å². The molecular weight excluding hydrogens is 260 g/mol. The molecule has 0 atom stereocenters. The first-order valence-corrected chi connectivity index (χ1v) is 5.49. The van der Waals surface area contributed by atoms with Gasteiger partial charge in [0.2, 0.25) is 0 Å². The van der Waals surface area contributed by atoms with Crippen molar-refractivity contribution < 1.29 is 13.5 Å². The van der Waals surface area contributed by atoms with Crippen molar-refractivity contribution in [2.75, 3.05) is 12.8 Å². The highest BCUT2D eigenvalue weighted by atomic mass is 35.5. The number of halogens is 3. The molecule has 0 saturated heterocycles. The number of rotatable bonds is 2. The quantitative estimate of drug-likeness (QED) is 0.840. The van der Waals surface area contributed by atoms with Crippen molar-refractivity contribution in [2.45, 2.75) is 0 Å². The molecule has 94 valence electrons. The van der Waals surface area contributed by atoms with Crippen LogP contribution in [0.15, 0.2) is 30.3 Å². The number of ether oxygens (including phenoxy) is 1. The number of anilines is 1. The fraction of sp³-hybridized carbons (Fsp3) is 0.0769. The van der Waals surface area contributed by atoms with Crippen LogP contribution in [0.5, 0.6) is 5.75 Å². The standard InChI is InChI=1S/C13H10ClF2NO/c1-18-12-6-8(5-11(16)13(12)17)7-2-3-10(15)9(14)4-7/h2-6H,17H2,1H3. The maximum Gasteiger partial charge on any atom is 0.150 e. The molecule has 2 N–H and O–H groups in total. The Balaban J connectivity index is 2.57. The van der Waals surface area contributed by atoms with Gasteiger partial charge in [-0.1, -0.05) is 17.7 Å². The zero-order valence-electron chi connectivity index (χ0n) is 9.51. The lowest BCUT2D eigenvalue weighted by Gasteiger charge is -2.09. The number of methoxy groups -OCH3 is 1. The van der Waals surface area contributed by atoms with E-state index in [0.29, 0.717) is 11.1 Å². The third-order valence-corrected chi connectivity index (χ3v) is 2.85. The summed E-state index contributed by atoms with van der Waals surface area (Å²) in [5, 5.41) is -0.0244. The van der Waals surface area contributed by atoms with E-state index < -0.39 is 11.6 Å². The normalized spacial score (nSPS) is 10.4. The smallest absolute Gasteiger partial charge is 0.150 e. The van der Waals surface area contributed by atoms with E-state index in [1.807, 2.05) is 0 Å². The first-order chi connectivity index (χ1) is 8.52. The van der Waals surface area contributed by atoms with Crippen molar-refractivity contribution in [3.8, 4) is 16.9 Å². The summed E-state index contributed by atoms with van der Waals surface area (Å²) in [6.07, 6.45) is 0. The largest absolute Gasteiger partial charge is 0.494 e. The molecule has 2 aromatic rings. The number of benzene rings is 2. The Hall–Kier alpha value is -1.81. The van der Waals surface area contributed by atoms with Crippen molar-refractivity contribution in [1.29, 1.82) is 0 Å². The van der Waals surface area contributed by atoms with Crippen LogP contribution in [-0.2, 0) is 0 Å². The van der Waals surface area contributed by atoms with E-state index in [1.54, 1.807) is 6.07 Å². The first-order valence-electron chi connectivity index (χ1n) is 5.11. The summed E-state index contributed by atoms with van der Waals surface area (Å²) in [4.78, 5) is 0. The Morgan fingerprint density at radius 2 is 1.78 bits per heavy atom. The maximum atomic E-state index is 13.6. The SMILES string of the molecule is COc1cc(-c2ccc(F)c(Cl)c2)cc(F)c1N. The fourth-order valence-electron chi connectivity index (χ4n) is 1.60. The summed E-state index contributed by atoms with van der Waals surface area (Å²) < 4.78 is 31.6. The summed E-state index contributed by atoms with van der Waals surface area (Å²) in [6, 6.07) is 6.97. The Bertz CT molecular complexity index is 602. The van der Waals surface area contributed by atoms with Crippen LogP contribution in [0.3, 0.4) is 0 Å². The summed E-state index contributed by atoms with van der Waals surface area (Å²) in [5.41, 5.74) is 6.54. The van der Waals surface area contributed by atoms with Gasteiger partial charge in [-0.05, 0) is 35.4 Å². The van der Waals surface area contributed by atoms with E-state index in [0.717, 1.165) is 0 Å². The van der Waals surface area contributed by atoms with Crippen molar-refractivity contribution >= 4 is 17.3 Å². The number of hydrogen-bond acceptors (Lipinski definition) is 2. The van der Waals surface area contributed by atoms with Crippen molar-refractivity contribution in [1.82, 2.24) is 0 Å². The molecule has 0 aromatic heterocycles. The van der Waals surface area contributed by atoms with Gasteiger partial charge < -0.3 is 10.5 Å². The lowest BCUT2D eigenvalue weighted by atomic mass is 10.0. The van der Waals surface area contributed by atoms with Gasteiger partial charge in [-0.25, -0.2) is 8.78 Å². The monoisotopic (exact) mass is 269 g/mol. The minimum Gasteiger partial charge on any atom is -0.494 e. The zero-order chi connectivity index (χ0) is 13.3. The second-order valence-electron chi connectivity index (χ2n) is 3.70. The molecule has 2 rings (SSSR count). The van der Waals surface area contributed by atoms with Gasteiger partial charge >= 0.3 is 0 Å². The van der Waals surface area contributed by atoms with Crippen LogP contribution in [0.1, 0.15) is 0 Å². The number of nitrogen functional groups attached to an aromatic ring is 1. The molecule has 0 spiro atoms. The van der Waals surface area contributed by atoms with Crippen molar-refractivity contribution in [2.24, 2.45) is 0 Å². The van der Waals surface area contributed by atoms with Gasteiger partial charge in [0.25, 0.3) is 0 Å². The Morgan fingerprint density at radius 1 is 1.06 bits per heavy atom. The summed E-state index contributed by atoms with van der Waals surface area (Å²) in [5.74, 6) is -0.890. The van der Waals surface area contributed by atoms with E-state index in [-0.39, 0.29) is 16.5 Å². The van der Waals surface area contributed by atoms with Crippen LogP contribution < -0.4 is 10.5 Å². The predicted molar refractivity (Wildman–Crippen MR) is 67.8 cm³/mol. The average molecular weight is 270 g/mol. The maximum absolute atomic E-state index is 13.6. The Labute approximate surface area is 108 Å². The van der Waals surface area contributed by atoms with Gasteiger partial charge in [-0.3, -0.25) is 0 Å². The molecule has 0 fully saturated rings. The molecule has 2 nitrogen and oxygen atoms in total. The Kier molecular flexibility index (Phi) is 3.39. The van der Waals surface area contributed by atoms with Gasteiger partial charge in [0.05, 0.1) is 12.1 Å². The van der Waals surface area contributed by atoms with Crippen LogP contribution in [0.4, 0.5) is 14.5 Å². The molecule has 18 heavy (non-hydrogen) atoms. The number of nitrogens with two attached hydrogens (primary N) is 1. The van der Waals surface area contributed by atoms with Crippen LogP contribution in [0, 0.1) is 11.6 Å². The minimum atomic E-state index is -0.593. The molecular formula is C13H10ClF2NO. The van der Waals surface area contributed by atoms with E-state index in [2.05, 4.69) is 0 Å². The van der Waals surface area contributed by atoms with Gasteiger partial charge in [-0.2, -0.15) is 0 Å². The van der Waals surface area contributed by atoms with Gasteiger partial charge in [-0.15, -0.1) is 0 Å². The fourth-order valence-corrected chi connectivity index (χ4v) is 1.78.